The molecule has 4 rings (SSSR count). The van der Waals surface area contributed by atoms with Crippen molar-refractivity contribution in [2.45, 2.75) is 43.5 Å². The highest BCUT2D eigenvalue weighted by molar-refractivity contribution is 8.03. The highest BCUT2D eigenvalue weighted by Crippen LogP contribution is 2.49. The molecule has 3 amide bonds. The lowest BCUT2D eigenvalue weighted by atomic mass is 9.94. The molecular weight excluding hydrogens is 422 g/mol. The summed E-state index contributed by atoms with van der Waals surface area (Å²) in [6, 6.07) is -0.422. The highest BCUT2D eigenvalue weighted by Gasteiger charge is 2.52. The van der Waals surface area contributed by atoms with Crippen LogP contribution >= 0.6 is 11.8 Å². The van der Waals surface area contributed by atoms with Gasteiger partial charge in [0.25, 0.3) is 0 Å². The lowest BCUT2D eigenvalue weighted by molar-refractivity contribution is -0.148. The number of nitrogens with one attached hydrogen (secondary N) is 1. The van der Waals surface area contributed by atoms with Crippen LogP contribution in [-0.4, -0.2) is 75.8 Å². The summed E-state index contributed by atoms with van der Waals surface area (Å²) in [6.45, 7) is 6.52. The van der Waals surface area contributed by atoms with Crippen molar-refractivity contribution >= 4 is 35.6 Å². The van der Waals surface area contributed by atoms with Gasteiger partial charge >= 0.3 is 12.1 Å². The van der Waals surface area contributed by atoms with E-state index in [2.05, 4.69) is 11.9 Å². The Morgan fingerprint density at radius 1 is 1.39 bits per heavy atom. The fourth-order valence-corrected chi connectivity index (χ4v) is 6.17. The van der Waals surface area contributed by atoms with Crippen molar-refractivity contribution in [3.05, 3.63) is 34.9 Å². The smallest absolute Gasteiger partial charge is 0.410 e. The molecule has 3 saturated heterocycles. The quantitative estimate of drug-likeness (QED) is 0.360. The molecule has 4 atom stereocenters. The van der Waals surface area contributed by atoms with Crippen LogP contribution in [-0.2, 0) is 19.1 Å². The SMILES string of the molecule is C=CCOC(=O)N1C[C@@H](SC2=C(C(=O)O)N3C(=O)C[C@H]3[C@H]2C)C[C@H]1/C=C1/CCNC1=O. The van der Waals surface area contributed by atoms with Crippen LogP contribution in [0.5, 0.6) is 0 Å². The molecule has 0 aromatic heterocycles. The number of nitrogens with zero attached hydrogens (tertiary/aromatic N) is 2. The van der Waals surface area contributed by atoms with E-state index >= 15 is 0 Å². The fourth-order valence-electron chi connectivity index (χ4n) is 4.61. The summed E-state index contributed by atoms with van der Waals surface area (Å²) in [5.41, 5.74) is 0.711. The molecule has 0 spiro atoms. The average Bonchev–Trinajstić information content (AvgIpc) is 3.37. The Kier molecular flexibility index (Phi) is 5.83. The zero-order chi connectivity index (χ0) is 22.3. The van der Waals surface area contributed by atoms with E-state index in [4.69, 9.17) is 4.74 Å². The third-order valence-corrected chi connectivity index (χ3v) is 7.67. The summed E-state index contributed by atoms with van der Waals surface area (Å²) in [6.07, 6.45) is 4.34. The van der Waals surface area contributed by atoms with Gasteiger partial charge in [-0.3, -0.25) is 9.59 Å². The Balaban J connectivity index is 1.56. The number of fused-ring (bicyclic) bond motifs is 1. The van der Waals surface area contributed by atoms with Crippen LogP contribution in [0.25, 0.3) is 0 Å². The number of likely N-dealkylation sites (tertiary alicyclic amines) is 1. The maximum Gasteiger partial charge on any atom is 0.410 e. The van der Waals surface area contributed by atoms with Gasteiger partial charge in [0, 0.05) is 41.2 Å². The highest BCUT2D eigenvalue weighted by atomic mass is 32.2. The number of hydrogen-bond donors (Lipinski definition) is 2. The number of carboxylic acids is 1. The third-order valence-electron chi connectivity index (χ3n) is 6.17. The molecule has 0 unspecified atom stereocenters. The van der Waals surface area contributed by atoms with Crippen LogP contribution in [0.4, 0.5) is 4.79 Å². The number of ether oxygens (including phenoxy) is 1. The van der Waals surface area contributed by atoms with Crippen LogP contribution in [0.1, 0.15) is 26.2 Å². The lowest BCUT2D eigenvalue weighted by Gasteiger charge is -2.37. The number of aliphatic carboxylic acids is 1. The minimum atomic E-state index is -1.11. The molecule has 31 heavy (non-hydrogen) atoms. The summed E-state index contributed by atoms with van der Waals surface area (Å²) in [7, 11) is 0. The van der Waals surface area contributed by atoms with E-state index in [1.807, 2.05) is 13.0 Å². The summed E-state index contributed by atoms with van der Waals surface area (Å²) < 4.78 is 5.22. The molecule has 2 N–H and O–H groups in total. The lowest BCUT2D eigenvalue weighted by Crippen LogP contribution is -2.51. The number of amides is 3. The van der Waals surface area contributed by atoms with E-state index in [9.17, 15) is 24.3 Å². The van der Waals surface area contributed by atoms with Crippen LogP contribution in [0.2, 0.25) is 0 Å². The predicted octanol–water partition coefficient (Wildman–Crippen LogP) is 1.48. The molecular formula is C21H25N3O6S. The maximum absolute atomic E-state index is 12.6. The van der Waals surface area contributed by atoms with Gasteiger partial charge in [-0.05, 0) is 12.8 Å². The molecule has 0 bridgehead atoms. The summed E-state index contributed by atoms with van der Waals surface area (Å²) in [5, 5.41) is 12.4. The van der Waals surface area contributed by atoms with E-state index in [1.165, 1.54) is 22.7 Å². The van der Waals surface area contributed by atoms with Crippen molar-refractivity contribution in [2.24, 2.45) is 5.92 Å². The molecule has 10 heteroatoms. The first-order chi connectivity index (χ1) is 14.8. The molecule has 0 radical (unpaired) electrons. The van der Waals surface area contributed by atoms with Gasteiger partial charge in [-0.25, -0.2) is 9.59 Å². The van der Waals surface area contributed by atoms with Crippen molar-refractivity contribution in [2.75, 3.05) is 19.7 Å². The number of hydrogen-bond acceptors (Lipinski definition) is 6. The molecule has 166 valence electrons. The topological polar surface area (TPSA) is 116 Å². The standard InChI is InChI=1S/C21H25N3O6S/c1-3-6-30-21(29)23-10-14(8-13(23)7-12-4-5-22-19(12)26)31-18-11(2)15-9-16(25)24(15)17(18)20(27)28/h3,7,11,13-15H,1,4-6,8-10H2,2H3,(H,22,26)(H,27,28)/b12-7-/t11-,13-,14+,15+/m1/s1. The van der Waals surface area contributed by atoms with Crippen LogP contribution < -0.4 is 5.32 Å². The number of carboxylic acid groups (broad SMARTS) is 1. The average molecular weight is 448 g/mol. The summed E-state index contributed by atoms with van der Waals surface area (Å²) in [4.78, 5) is 52.1. The zero-order valence-corrected chi connectivity index (χ0v) is 18.0. The van der Waals surface area contributed by atoms with Crippen molar-refractivity contribution in [3.8, 4) is 0 Å². The van der Waals surface area contributed by atoms with Crippen molar-refractivity contribution in [3.63, 3.8) is 0 Å². The molecule has 0 aromatic rings. The molecule has 4 aliphatic heterocycles. The Labute approximate surface area is 184 Å². The van der Waals surface area contributed by atoms with E-state index in [0.717, 1.165) is 0 Å². The van der Waals surface area contributed by atoms with Gasteiger partial charge in [0.1, 0.15) is 12.3 Å². The van der Waals surface area contributed by atoms with Crippen LogP contribution in [0, 0.1) is 5.92 Å². The Hall–Kier alpha value is -2.75. The number of carbonyl (C=O) groups excluding carboxylic acids is 3. The minimum absolute atomic E-state index is 0.0621. The van der Waals surface area contributed by atoms with Gasteiger partial charge in [0.05, 0.1) is 12.1 Å². The second-order valence-corrected chi connectivity index (χ2v) is 9.44. The summed E-state index contributed by atoms with van der Waals surface area (Å²) >= 11 is 1.42. The number of thioether (sulfide) groups is 1. The number of rotatable bonds is 6. The van der Waals surface area contributed by atoms with Gasteiger partial charge in [-0.15, -0.1) is 11.8 Å². The molecule has 3 fully saturated rings. The van der Waals surface area contributed by atoms with E-state index in [-0.39, 0.29) is 47.4 Å². The van der Waals surface area contributed by atoms with Gasteiger partial charge in [-0.2, -0.15) is 0 Å². The Morgan fingerprint density at radius 2 is 2.16 bits per heavy atom. The maximum atomic E-state index is 12.6. The largest absolute Gasteiger partial charge is 0.477 e. The van der Waals surface area contributed by atoms with Crippen molar-refractivity contribution in [1.82, 2.24) is 15.1 Å². The first-order valence-electron chi connectivity index (χ1n) is 10.3. The second-order valence-electron chi connectivity index (χ2n) is 8.10. The second kappa shape index (κ2) is 8.41. The van der Waals surface area contributed by atoms with Crippen LogP contribution in [0.3, 0.4) is 0 Å². The normalized spacial score (nSPS) is 31.1. The predicted molar refractivity (Wildman–Crippen MR) is 113 cm³/mol. The van der Waals surface area contributed by atoms with Gasteiger partial charge in [-0.1, -0.05) is 25.7 Å². The molecule has 9 nitrogen and oxygen atoms in total. The van der Waals surface area contributed by atoms with E-state index in [1.54, 1.807) is 4.90 Å². The summed E-state index contributed by atoms with van der Waals surface area (Å²) in [5.74, 6) is -1.46. The zero-order valence-electron chi connectivity index (χ0n) is 17.2. The van der Waals surface area contributed by atoms with Gasteiger partial charge in [0.2, 0.25) is 11.8 Å². The van der Waals surface area contributed by atoms with Crippen molar-refractivity contribution < 1.29 is 29.0 Å². The van der Waals surface area contributed by atoms with E-state index < -0.39 is 12.1 Å². The first-order valence-corrected chi connectivity index (χ1v) is 11.2. The molecule has 0 aromatic carbocycles. The fraction of sp³-hybridized carbons (Fsp3) is 0.524. The van der Waals surface area contributed by atoms with E-state index in [0.29, 0.717) is 42.8 Å². The Morgan fingerprint density at radius 3 is 2.77 bits per heavy atom. The molecule has 0 saturated carbocycles. The Bertz CT molecular complexity index is 913. The molecule has 4 aliphatic rings. The monoisotopic (exact) mass is 447 g/mol. The molecule has 0 aliphatic carbocycles. The molecule has 4 heterocycles. The van der Waals surface area contributed by atoms with Crippen molar-refractivity contribution in [1.29, 1.82) is 0 Å². The number of β-lactam (4-membered cyclic amide) rings is 1. The van der Waals surface area contributed by atoms with Crippen LogP contribution in [0.15, 0.2) is 34.9 Å². The first kappa shape index (κ1) is 21.5. The third kappa shape index (κ3) is 3.84. The number of carbonyl (C=O) groups is 4. The minimum Gasteiger partial charge on any atom is -0.477 e. The van der Waals surface area contributed by atoms with Gasteiger partial charge in [0.15, 0.2) is 0 Å². The van der Waals surface area contributed by atoms with Gasteiger partial charge < -0.3 is 25.0 Å².